The summed E-state index contributed by atoms with van der Waals surface area (Å²) in [5.74, 6) is 0.629. The van der Waals surface area contributed by atoms with Crippen molar-refractivity contribution in [3.8, 4) is 0 Å². The van der Waals surface area contributed by atoms with Gasteiger partial charge in [0.2, 0.25) is 0 Å². The number of hydrogen-bond acceptors (Lipinski definition) is 4. The predicted octanol–water partition coefficient (Wildman–Crippen LogP) is 3.58. The lowest BCUT2D eigenvalue weighted by atomic mass is 10.2. The number of anilines is 1. The molecule has 0 aromatic heterocycles. The van der Waals surface area contributed by atoms with E-state index in [9.17, 15) is 13.2 Å². The van der Waals surface area contributed by atoms with Gasteiger partial charge >= 0.3 is 0 Å². The topological polar surface area (TPSA) is 54.5 Å². The van der Waals surface area contributed by atoms with Gasteiger partial charge in [-0.3, -0.25) is 9.10 Å². The maximum absolute atomic E-state index is 13.1. The average molecular weight is 347 g/mol. The molecular weight excluding hydrogens is 330 g/mol. The van der Waals surface area contributed by atoms with Crippen molar-refractivity contribution in [3.05, 3.63) is 54.1 Å². The summed E-state index contributed by atoms with van der Waals surface area (Å²) < 4.78 is 27.6. The Morgan fingerprint density at radius 1 is 1.13 bits per heavy atom. The predicted molar refractivity (Wildman–Crippen MR) is 92.7 cm³/mol. The van der Waals surface area contributed by atoms with E-state index in [1.165, 1.54) is 23.4 Å². The average Bonchev–Trinajstić information content (AvgIpc) is 2.54. The molecular formula is C17H17NO3S2. The quantitative estimate of drug-likeness (QED) is 0.797. The number of sulfonamides is 1. The van der Waals surface area contributed by atoms with Crippen molar-refractivity contribution in [2.45, 2.75) is 29.7 Å². The molecule has 0 saturated carbocycles. The minimum absolute atomic E-state index is 0.0814. The number of benzene rings is 2. The highest BCUT2D eigenvalue weighted by Gasteiger charge is 2.34. The Labute approximate surface area is 140 Å². The molecule has 0 saturated heterocycles. The summed E-state index contributed by atoms with van der Waals surface area (Å²) in [6, 6.07) is 13.5. The van der Waals surface area contributed by atoms with E-state index in [0.717, 1.165) is 4.90 Å². The molecule has 120 valence electrons. The van der Waals surface area contributed by atoms with Crippen molar-refractivity contribution in [3.63, 3.8) is 0 Å². The molecule has 1 atom stereocenters. The number of thioether (sulfide) groups is 1. The molecule has 0 fully saturated rings. The summed E-state index contributed by atoms with van der Waals surface area (Å²) in [5.41, 5.74) is 1.22. The Bertz CT molecular complexity index is 844. The van der Waals surface area contributed by atoms with E-state index in [2.05, 4.69) is 0 Å². The van der Waals surface area contributed by atoms with Gasteiger partial charge in [-0.2, -0.15) is 0 Å². The standard InChI is InChI=1S/C17H17NO3S2/c1-12-11-22-17-6-4-3-5-16(17)18(12)23(20,21)15-9-7-14(8-10-15)13(2)19/h3-10,12H,11H2,1-2H3. The molecule has 0 amide bonds. The van der Waals surface area contributed by atoms with Gasteiger partial charge in [-0.1, -0.05) is 24.3 Å². The number of para-hydroxylation sites is 1. The summed E-state index contributed by atoms with van der Waals surface area (Å²) >= 11 is 1.67. The second kappa shape index (κ2) is 6.02. The molecule has 1 unspecified atom stereocenters. The summed E-state index contributed by atoms with van der Waals surface area (Å²) in [6.07, 6.45) is 0. The van der Waals surface area contributed by atoms with Crippen molar-refractivity contribution >= 4 is 33.3 Å². The SMILES string of the molecule is CC(=O)c1ccc(S(=O)(=O)N2c3ccccc3SCC2C)cc1. The van der Waals surface area contributed by atoms with Crippen LogP contribution in [0.1, 0.15) is 24.2 Å². The first-order chi connectivity index (χ1) is 10.9. The monoisotopic (exact) mass is 347 g/mol. The van der Waals surface area contributed by atoms with Crippen LogP contribution in [0.5, 0.6) is 0 Å². The fourth-order valence-corrected chi connectivity index (χ4v) is 5.50. The maximum Gasteiger partial charge on any atom is 0.264 e. The van der Waals surface area contributed by atoms with Crippen LogP contribution in [0, 0.1) is 0 Å². The third-order valence-corrected chi connectivity index (χ3v) is 7.05. The van der Waals surface area contributed by atoms with Gasteiger partial charge in [0.25, 0.3) is 10.0 Å². The largest absolute Gasteiger partial charge is 0.295 e. The van der Waals surface area contributed by atoms with Crippen molar-refractivity contribution < 1.29 is 13.2 Å². The molecule has 23 heavy (non-hydrogen) atoms. The lowest BCUT2D eigenvalue weighted by molar-refractivity contribution is 0.101. The Morgan fingerprint density at radius 2 is 1.78 bits per heavy atom. The van der Waals surface area contributed by atoms with Gasteiger partial charge in [0.05, 0.1) is 16.6 Å². The van der Waals surface area contributed by atoms with Gasteiger partial charge in [0, 0.05) is 16.2 Å². The van der Waals surface area contributed by atoms with Gasteiger partial charge in [-0.25, -0.2) is 8.42 Å². The number of Topliss-reactive ketones (excluding diaryl/α,β-unsaturated/α-hetero) is 1. The second-order valence-corrected chi connectivity index (χ2v) is 8.39. The highest BCUT2D eigenvalue weighted by molar-refractivity contribution is 8.00. The molecule has 0 bridgehead atoms. The molecule has 2 aromatic rings. The molecule has 6 heteroatoms. The van der Waals surface area contributed by atoms with E-state index in [0.29, 0.717) is 17.0 Å². The Hall–Kier alpha value is -1.79. The van der Waals surface area contributed by atoms with Crippen LogP contribution in [0.3, 0.4) is 0 Å². The molecule has 0 spiro atoms. The van der Waals surface area contributed by atoms with Gasteiger partial charge < -0.3 is 0 Å². The highest BCUT2D eigenvalue weighted by atomic mass is 32.2. The third kappa shape index (κ3) is 2.88. The van der Waals surface area contributed by atoms with Crippen LogP contribution < -0.4 is 4.31 Å². The van der Waals surface area contributed by atoms with Crippen LogP contribution >= 0.6 is 11.8 Å². The van der Waals surface area contributed by atoms with Gasteiger partial charge in [-0.15, -0.1) is 11.8 Å². The molecule has 1 aliphatic heterocycles. The molecule has 3 rings (SSSR count). The lowest BCUT2D eigenvalue weighted by Gasteiger charge is -2.35. The van der Waals surface area contributed by atoms with E-state index >= 15 is 0 Å². The third-order valence-electron chi connectivity index (χ3n) is 3.80. The van der Waals surface area contributed by atoms with E-state index < -0.39 is 10.0 Å². The second-order valence-electron chi connectivity index (χ2n) is 5.51. The van der Waals surface area contributed by atoms with Crippen LogP contribution in [0.2, 0.25) is 0 Å². The number of ketones is 1. The van der Waals surface area contributed by atoms with E-state index in [1.807, 2.05) is 31.2 Å². The maximum atomic E-state index is 13.1. The number of hydrogen-bond donors (Lipinski definition) is 0. The molecule has 4 nitrogen and oxygen atoms in total. The number of rotatable bonds is 3. The van der Waals surface area contributed by atoms with Crippen LogP contribution in [-0.2, 0) is 10.0 Å². The van der Waals surface area contributed by atoms with Crippen molar-refractivity contribution in [1.82, 2.24) is 0 Å². The number of nitrogens with zero attached hydrogens (tertiary/aromatic N) is 1. The summed E-state index contributed by atoms with van der Waals surface area (Å²) in [5, 5.41) is 0. The normalized spacial score (nSPS) is 17.7. The Kier molecular flexibility index (Phi) is 4.21. The first-order valence-electron chi connectivity index (χ1n) is 7.28. The van der Waals surface area contributed by atoms with Crippen LogP contribution in [0.4, 0.5) is 5.69 Å². The zero-order valence-electron chi connectivity index (χ0n) is 12.9. The Morgan fingerprint density at radius 3 is 2.43 bits per heavy atom. The number of carbonyl (C=O) groups excluding carboxylic acids is 1. The van der Waals surface area contributed by atoms with Gasteiger partial charge in [0.15, 0.2) is 5.78 Å². The fraction of sp³-hybridized carbons (Fsp3) is 0.235. The number of carbonyl (C=O) groups is 1. The van der Waals surface area contributed by atoms with Crippen LogP contribution in [0.25, 0.3) is 0 Å². The first kappa shape index (κ1) is 16.1. The van der Waals surface area contributed by atoms with Crippen molar-refractivity contribution in [2.75, 3.05) is 10.1 Å². The minimum atomic E-state index is -3.66. The molecule has 0 radical (unpaired) electrons. The fourth-order valence-electron chi connectivity index (χ4n) is 2.62. The molecule has 1 aliphatic rings. The van der Waals surface area contributed by atoms with Crippen molar-refractivity contribution in [1.29, 1.82) is 0 Å². The highest BCUT2D eigenvalue weighted by Crippen LogP contribution is 2.40. The smallest absolute Gasteiger partial charge is 0.264 e. The van der Waals surface area contributed by atoms with E-state index in [-0.39, 0.29) is 16.7 Å². The lowest BCUT2D eigenvalue weighted by Crippen LogP contribution is -2.42. The summed E-state index contributed by atoms with van der Waals surface area (Å²) in [4.78, 5) is 12.5. The minimum Gasteiger partial charge on any atom is -0.295 e. The molecule has 2 aromatic carbocycles. The van der Waals surface area contributed by atoms with Gasteiger partial charge in [-0.05, 0) is 38.1 Å². The summed E-state index contributed by atoms with van der Waals surface area (Å²) in [6.45, 7) is 3.37. The van der Waals surface area contributed by atoms with Crippen LogP contribution in [-0.4, -0.2) is 26.0 Å². The zero-order valence-corrected chi connectivity index (χ0v) is 14.5. The molecule has 1 heterocycles. The summed E-state index contributed by atoms with van der Waals surface area (Å²) in [7, 11) is -3.66. The molecule has 0 N–H and O–H groups in total. The van der Waals surface area contributed by atoms with E-state index in [4.69, 9.17) is 0 Å². The van der Waals surface area contributed by atoms with Crippen LogP contribution in [0.15, 0.2) is 58.3 Å². The Balaban J connectivity index is 2.07. The first-order valence-corrected chi connectivity index (χ1v) is 9.71. The van der Waals surface area contributed by atoms with Gasteiger partial charge in [0.1, 0.15) is 0 Å². The zero-order chi connectivity index (χ0) is 16.6. The van der Waals surface area contributed by atoms with E-state index in [1.54, 1.807) is 23.9 Å². The number of fused-ring (bicyclic) bond motifs is 1. The van der Waals surface area contributed by atoms with Crippen molar-refractivity contribution in [2.24, 2.45) is 0 Å². The molecule has 0 aliphatic carbocycles.